The van der Waals surface area contributed by atoms with Crippen LogP contribution in [0.5, 0.6) is 0 Å². The number of halogens is 1. The zero-order valence-electron chi connectivity index (χ0n) is 11.7. The highest BCUT2D eigenvalue weighted by atomic mass is 35.5. The van der Waals surface area contributed by atoms with E-state index in [1.54, 1.807) is 12.1 Å². The van der Waals surface area contributed by atoms with Gasteiger partial charge in [-0.2, -0.15) is 0 Å². The number of amides is 1. The Balaban J connectivity index is 1.93. The second-order valence-corrected chi connectivity index (χ2v) is 5.28. The highest BCUT2D eigenvalue weighted by molar-refractivity contribution is 6.30. The SMILES string of the molecule is O=C(NC(c1ccccc1)c1ccc(Cl)cc1)c1ccco1. The van der Waals surface area contributed by atoms with E-state index in [0.29, 0.717) is 5.02 Å². The van der Waals surface area contributed by atoms with Gasteiger partial charge in [0, 0.05) is 5.02 Å². The summed E-state index contributed by atoms with van der Waals surface area (Å²) >= 11 is 5.95. The lowest BCUT2D eigenvalue weighted by molar-refractivity contribution is 0.0915. The predicted octanol–water partition coefficient (Wildman–Crippen LogP) is 4.45. The molecule has 110 valence electrons. The van der Waals surface area contributed by atoms with E-state index < -0.39 is 0 Å². The Morgan fingerprint density at radius 1 is 0.909 bits per heavy atom. The van der Waals surface area contributed by atoms with Crippen LogP contribution in [0.1, 0.15) is 27.7 Å². The van der Waals surface area contributed by atoms with Crippen LogP contribution >= 0.6 is 11.6 Å². The maximum Gasteiger partial charge on any atom is 0.287 e. The molecule has 1 unspecified atom stereocenters. The van der Waals surface area contributed by atoms with E-state index in [9.17, 15) is 4.79 Å². The molecule has 0 bridgehead atoms. The Bertz CT molecular complexity index is 737. The largest absolute Gasteiger partial charge is 0.459 e. The fraction of sp³-hybridized carbons (Fsp3) is 0.0556. The Morgan fingerprint density at radius 2 is 1.59 bits per heavy atom. The number of carbonyl (C=O) groups excluding carboxylic acids is 1. The summed E-state index contributed by atoms with van der Waals surface area (Å²) in [7, 11) is 0. The predicted molar refractivity (Wildman–Crippen MR) is 85.9 cm³/mol. The van der Waals surface area contributed by atoms with Crippen molar-refractivity contribution in [1.82, 2.24) is 5.32 Å². The van der Waals surface area contributed by atoms with Crippen LogP contribution in [-0.4, -0.2) is 5.91 Å². The minimum atomic E-state index is -0.268. The van der Waals surface area contributed by atoms with E-state index in [1.807, 2.05) is 54.6 Å². The number of rotatable bonds is 4. The Morgan fingerprint density at radius 3 is 2.23 bits per heavy atom. The van der Waals surface area contributed by atoms with Crippen LogP contribution in [0.3, 0.4) is 0 Å². The van der Waals surface area contributed by atoms with Gasteiger partial charge in [0.1, 0.15) is 0 Å². The maximum atomic E-state index is 12.3. The van der Waals surface area contributed by atoms with E-state index >= 15 is 0 Å². The zero-order valence-corrected chi connectivity index (χ0v) is 12.5. The molecule has 0 aliphatic carbocycles. The van der Waals surface area contributed by atoms with Gasteiger partial charge in [0.2, 0.25) is 0 Å². The Kier molecular flexibility index (Phi) is 4.26. The first kappa shape index (κ1) is 14.4. The van der Waals surface area contributed by atoms with Crippen LogP contribution < -0.4 is 5.32 Å². The zero-order chi connectivity index (χ0) is 15.4. The van der Waals surface area contributed by atoms with Gasteiger partial charge in [0.25, 0.3) is 5.91 Å². The topological polar surface area (TPSA) is 42.2 Å². The second kappa shape index (κ2) is 6.50. The minimum absolute atomic E-state index is 0.256. The van der Waals surface area contributed by atoms with Crippen LogP contribution in [0.15, 0.2) is 77.4 Å². The van der Waals surface area contributed by atoms with Crippen molar-refractivity contribution in [2.75, 3.05) is 0 Å². The van der Waals surface area contributed by atoms with Gasteiger partial charge < -0.3 is 9.73 Å². The molecule has 22 heavy (non-hydrogen) atoms. The number of benzene rings is 2. The lowest BCUT2D eigenvalue weighted by atomic mass is 9.98. The first-order chi connectivity index (χ1) is 10.7. The lowest BCUT2D eigenvalue weighted by Crippen LogP contribution is -2.29. The number of hydrogen-bond acceptors (Lipinski definition) is 2. The van der Waals surface area contributed by atoms with Gasteiger partial charge in [0.15, 0.2) is 5.76 Å². The van der Waals surface area contributed by atoms with Crippen LogP contribution in [-0.2, 0) is 0 Å². The van der Waals surface area contributed by atoms with E-state index in [0.717, 1.165) is 11.1 Å². The first-order valence-corrected chi connectivity index (χ1v) is 7.26. The third kappa shape index (κ3) is 3.21. The van der Waals surface area contributed by atoms with Crippen molar-refractivity contribution in [3.8, 4) is 0 Å². The van der Waals surface area contributed by atoms with E-state index in [4.69, 9.17) is 16.0 Å². The van der Waals surface area contributed by atoms with Gasteiger partial charge in [-0.05, 0) is 35.4 Å². The van der Waals surface area contributed by atoms with Gasteiger partial charge in [0.05, 0.1) is 12.3 Å². The molecule has 0 radical (unpaired) electrons. The average Bonchev–Trinajstić information content (AvgIpc) is 3.09. The molecule has 3 rings (SSSR count). The molecular weight excluding hydrogens is 298 g/mol. The smallest absolute Gasteiger partial charge is 0.287 e. The standard InChI is InChI=1S/C18H14ClNO2/c19-15-10-8-14(9-11-15)17(13-5-2-1-3-6-13)20-18(21)16-7-4-12-22-16/h1-12,17H,(H,20,21). The first-order valence-electron chi connectivity index (χ1n) is 6.89. The molecule has 4 heteroatoms. The van der Waals surface area contributed by atoms with Crippen molar-refractivity contribution in [3.63, 3.8) is 0 Å². The third-order valence-electron chi connectivity index (χ3n) is 3.36. The molecular formula is C18H14ClNO2. The van der Waals surface area contributed by atoms with E-state index in [2.05, 4.69) is 5.32 Å². The molecule has 1 aromatic heterocycles. The molecule has 3 aromatic rings. The highest BCUT2D eigenvalue weighted by Crippen LogP contribution is 2.24. The van der Waals surface area contributed by atoms with Gasteiger partial charge in [-0.3, -0.25) is 4.79 Å². The number of hydrogen-bond donors (Lipinski definition) is 1. The summed E-state index contributed by atoms with van der Waals surface area (Å²) in [6.45, 7) is 0. The molecule has 1 heterocycles. The van der Waals surface area contributed by atoms with Crippen LogP contribution in [0, 0.1) is 0 Å². The van der Waals surface area contributed by atoms with Gasteiger partial charge in [-0.15, -0.1) is 0 Å². The monoisotopic (exact) mass is 311 g/mol. The van der Waals surface area contributed by atoms with Crippen molar-refractivity contribution in [2.45, 2.75) is 6.04 Å². The highest BCUT2D eigenvalue weighted by Gasteiger charge is 2.19. The summed E-state index contributed by atoms with van der Waals surface area (Å²) < 4.78 is 5.15. The molecule has 0 saturated carbocycles. The number of furan rings is 1. The minimum Gasteiger partial charge on any atom is -0.459 e. The molecule has 0 aliphatic rings. The van der Waals surface area contributed by atoms with Crippen molar-refractivity contribution in [2.24, 2.45) is 0 Å². The summed E-state index contributed by atoms with van der Waals surface area (Å²) in [4.78, 5) is 12.3. The molecule has 3 nitrogen and oxygen atoms in total. The number of nitrogens with one attached hydrogen (secondary N) is 1. The Labute approximate surface area is 133 Å². The molecule has 2 aromatic carbocycles. The molecule has 0 saturated heterocycles. The van der Waals surface area contributed by atoms with Gasteiger partial charge in [-0.25, -0.2) is 0 Å². The normalized spacial score (nSPS) is 11.9. The summed E-state index contributed by atoms with van der Waals surface area (Å²) in [5, 5.41) is 3.66. The molecule has 1 N–H and O–H groups in total. The molecule has 0 aliphatic heterocycles. The molecule has 0 spiro atoms. The fourth-order valence-corrected chi connectivity index (χ4v) is 2.40. The van der Waals surface area contributed by atoms with Gasteiger partial charge in [-0.1, -0.05) is 54.1 Å². The van der Waals surface area contributed by atoms with Crippen molar-refractivity contribution in [3.05, 3.63) is 94.9 Å². The van der Waals surface area contributed by atoms with E-state index in [1.165, 1.54) is 6.26 Å². The Hall–Kier alpha value is -2.52. The molecule has 1 amide bonds. The molecule has 1 atom stereocenters. The maximum absolute atomic E-state index is 12.3. The van der Waals surface area contributed by atoms with Crippen molar-refractivity contribution in [1.29, 1.82) is 0 Å². The summed E-state index contributed by atoms with van der Waals surface area (Å²) in [5.74, 6) is 0.0312. The van der Waals surface area contributed by atoms with Crippen molar-refractivity contribution < 1.29 is 9.21 Å². The van der Waals surface area contributed by atoms with E-state index in [-0.39, 0.29) is 17.7 Å². The fourth-order valence-electron chi connectivity index (χ4n) is 2.27. The molecule has 0 fully saturated rings. The second-order valence-electron chi connectivity index (χ2n) is 4.85. The van der Waals surface area contributed by atoms with Crippen LogP contribution in [0.2, 0.25) is 5.02 Å². The summed E-state index contributed by atoms with van der Waals surface area (Å²) in [6.07, 6.45) is 1.48. The lowest BCUT2D eigenvalue weighted by Gasteiger charge is -2.19. The van der Waals surface area contributed by atoms with Crippen molar-refractivity contribution >= 4 is 17.5 Å². The van der Waals surface area contributed by atoms with Crippen LogP contribution in [0.25, 0.3) is 0 Å². The number of carbonyl (C=O) groups is 1. The summed E-state index contributed by atoms with van der Waals surface area (Å²) in [6, 6.07) is 20.3. The quantitative estimate of drug-likeness (QED) is 0.773. The average molecular weight is 312 g/mol. The summed E-state index contributed by atoms with van der Waals surface area (Å²) in [5.41, 5.74) is 1.94. The third-order valence-corrected chi connectivity index (χ3v) is 3.61. The van der Waals surface area contributed by atoms with Crippen LogP contribution in [0.4, 0.5) is 0 Å². The van der Waals surface area contributed by atoms with Gasteiger partial charge >= 0.3 is 0 Å².